The van der Waals surface area contributed by atoms with Gasteiger partial charge < -0.3 is 14.7 Å². The smallest absolute Gasteiger partial charge is 0.321 e. The lowest BCUT2D eigenvalue weighted by Gasteiger charge is -2.31. The number of aromatic nitrogens is 2. The maximum atomic E-state index is 12.6. The Hall–Kier alpha value is -3.37. The van der Waals surface area contributed by atoms with Gasteiger partial charge in [0, 0.05) is 29.4 Å². The summed E-state index contributed by atoms with van der Waals surface area (Å²) in [6.07, 6.45) is 1.73. The highest BCUT2D eigenvalue weighted by Crippen LogP contribution is 2.28. The number of hydrogen-bond donors (Lipinski definition) is 1. The van der Waals surface area contributed by atoms with Gasteiger partial charge in [0.2, 0.25) is 11.7 Å². The Kier molecular flexibility index (Phi) is 5.45. The van der Waals surface area contributed by atoms with E-state index in [1.54, 1.807) is 41.3 Å². The predicted molar refractivity (Wildman–Crippen MR) is 108 cm³/mol. The van der Waals surface area contributed by atoms with Crippen molar-refractivity contribution < 1.29 is 9.32 Å². The van der Waals surface area contributed by atoms with Crippen molar-refractivity contribution >= 4 is 23.3 Å². The highest BCUT2D eigenvalue weighted by molar-refractivity contribution is 6.30. The lowest BCUT2D eigenvalue weighted by atomic mass is 9.98. The van der Waals surface area contributed by atoms with Crippen LogP contribution in [0.1, 0.15) is 30.2 Å². The van der Waals surface area contributed by atoms with Crippen LogP contribution in [0.2, 0.25) is 5.02 Å². The summed E-state index contributed by atoms with van der Waals surface area (Å²) < 4.78 is 5.48. The van der Waals surface area contributed by atoms with Gasteiger partial charge in [-0.05, 0) is 61.4 Å². The zero-order valence-electron chi connectivity index (χ0n) is 15.5. The van der Waals surface area contributed by atoms with Crippen molar-refractivity contribution in [3.63, 3.8) is 0 Å². The van der Waals surface area contributed by atoms with Crippen LogP contribution in [0.25, 0.3) is 11.4 Å². The number of nitriles is 1. The molecule has 1 aliphatic heterocycles. The lowest BCUT2D eigenvalue weighted by molar-refractivity contribution is 0.184. The van der Waals surface area contributed by atoms with E-state index in [1.807, 2.05) is 12.1 Å². The summed E-state index contributed by atoms with van der Waals surface area (Å²) in [7, 11) is 0. The van der Waals surface area contributed by atoms with Crippen LogP contribution in [0, 0.1) is 11.3 Å². The summed E-state index contributed by atoms with van der Waals surface area (Å²) in [5.74, 6) is 1.03. The number of benzene rings is 2. The summed E-state index contributed by atoms with van der Waals surface area (Å²) in [5, 5.41) is 16.5. The largest absolute Gasteiger partial charge is 0.339 e. The molecule has 1 fully saturated rings. The molecule has 29 heavy (non-hydrogen) atoms. The van der Waals surface area contributed by atoms with E-state index in [-0.39, 0.29) is 11.9 Å². The predicted octanol–water partition coefficient (Wildman–Crippen LogP) is 4.67. The van der Waals surface area contributed by atoms with Crippen LogP contribution in [0.4, 0.5) is 10.5 Å². The maximum absolute atomic E-state index is 12.6. The first-order chi connectivity index (χ1) is 14.1. The molecule has 3 aromatic rings. The van der Waals surface area contributed by atoms with E-state index in [2.05, 4.69) is 21.5 Å². The Morgan fingerprint density at radius 3 is 2.69 bits per heavy atom. The fourth-order valence-electron chi connectivity index (χ4n) is 3.31. The lowest BCUT2D eigenvalue weighted by Crippen LogP contribution is -2.41. The molecule has 0 spiro atoms. The molecule has 2 heterocycles. The number of nitrogens with zero attached hydrogens (tertiary/aromatic N) is 4. The minimum atomic E-state index is -0.183. The average molecular weight is 408 g/mol. The molecule has 0 unspecified atom stereocenters. The first-order valence-electron chi connectivity index (χ1n) is 9.28. The molecule has 0 aliphatic carbocycles. The van der Waals surface area contributed by atoms with Crippen LogP contribution in [-0.4, -0.2) is 34.2 Å². The monoisotopic (exact) mass is 407 g/mol. The Balaban J connectivity index is 1.42. The van der Waals surface area contributed by atoms with Gasteiger partial charge in [-0.3, -0.25) is 0 Å². The number of carbonyl (C=O) groups is 1. The van der Waals surface area contributed by atoms with Gasteiger partial charge in [0.25, 0.3) is 0 Å². The number of urea groups is 1. The first kappa shape index (κ1) is 19.0. The van der Waals surface area contributed by atoms with Crippen molar-refractivity contribution in [3.05, 3.63) is 65.0 Å². The Morgan fingerprint density at radius 2 is 1.97 bits per heavy atom. The number of likely N-dealkylation sites (tertiary alicyclic amines) is 1. The summed E-state index contributed by atoms with van der Waals surface area (Å²) >= 11 is 5.92. The third-order valence-corrected chi connectivity index (χ3v) is 5.12. The second kappa shape index (κ2) is 8.33. The van der Waals surface area contributed by atoms with Gasteiger partial charge in [0.05, 0.1) is 17.6 Å². The SMILES string of the molecule is N#Cc1ccc(NC(=O)N2CCC[C@H](c3nc(-c4ccc(Cl)cc4)no3)C2)cc1. The molecule has 1 N–H and O–H groups in total. The van der Waals surface area contributed by atoms with Crippen molar-refractivity contribution in [2.24, 2.45) is 0 Å². The molecule has 0 radical (unpaired) electrons. The highest BCUT2D eigenvalue weighted by atomic mass is 35.5. The minimum Gasteiger partial charge on any atom is -0.339 e. The summed E-state index contributed by atoms with van der Waals surface area (Å²) in [5.41, 5.74) is 2.03. The van der Waals surface area contributed by atoms with Crippen molar-refractivity contribution in [3.8, 4) is 17.5 Å². The van der Waals surface area contributed by atoms with Gasteiger partial charge in [-0.15, -0.1) is 0 Å². The molecule has 0 saturated carbocycles. The van der Waals surface area contributed by atoms with Gasteiger partial charge in [-0.1, -0.05) is 16.8 Å². The molecule has 1 aliphatic rings. The topological polar surface area (TPSA) is 95.1 Å². The summed E-state index contributed by atoms with van der Waals surface area (Å²) in [6.45, 7) is 1.17. The fourth-order valence-corrected chi connectivity index (χ4v) is 3.44. The van der Waals surface area contributed by atoms with E-state index < -0.39 is 0 Å². The number of halogens is 1. The summed E-state index contributed by atoms with van der Waals surface area (Å²) in [6, 6.07) is 15.9. The van der Waals surface area contributed by atoms with Crippen LogP contribution in [0.15, 0.2) is 53.1 Å². The van der Waals surface area contributed by atoms with Crippen molar-refractivity contribution in [2.45, 2.75) is 18.8 Å². The third kappa shape index (κ3) is 4.39. The quantitative estimate of drug-likeness (QED) is 0.680. The van der Waals surface area contributed by atoms with Gasteiger partial charge in [0.15, 0.2) is 0 Å². The molecular weight excluding hydrogens is 390 g/mol. The Bertz CT molecular complexity index is 1040. The molecule has 146 valence electrons. The Morgan fingerprint density at radius 1 is 1.21 bits per heavy atom. The number of piperidine rings is 1. The van der Waals surface area contributed by atoms with Crippen molar-refractivity contribution in [2.75, 3.05) is 18.4 Å². The number of hydrogen-bond acceptors (Lipinski definition) is 5. The van der Waals surface area contributed by atoms with Crippen molar-refractivity contribution in [1.29, 1.82) is 5.26 Å². The van der Waals surface area contributed by atoms with Crippen LogP contribution < -0.4 is 5.32 Å². The van der Waals surface area contributed by atoms with Crippen LogP contribution in [0.3, 0.4) is 0 Å². The Labute approximate surface area is 172 Å². The standard InChI is InChI=1S/C21H18ClN5O2/c22-17-7-5-15(6-8-17)19-25-20(29-26-19)16-2-1-11-27(13-16)21(28)24-18-9-3-14(12-23)4-10-18/h3-10,16H,1-2,11,13H2,(H,24,28)/t16-/m0/s1. The van der Waals surface area contributed by atoms with Gasteiger partial charge in [-0.25, -0.2) is 4.79 Å². The number of amides is 2. The van der Waals surface area contributed by atoms with Gasteiger partial charge in [0.1, 0.15) is 0 Å². The normalized spacial score (nSPS) is 16.3. The second-order valence-electron chi connectivity index (χ2n) is 6.87. The molecule has 2 amide bonds. The highest BCUT2D eigenvalue weighted by Gasteiger charge is 2.28. The molecule has 1 aromatic heterocycles. The molecule has 2 aromatic carbocycles. The van der Waals surface area contributed by atoms with Crippen LogP contribution >= 0.6 is 11.6 Å². The van der Waals surface area contributed by atoms with Crippen molar-refractivity contribution in [1.82, 2.24) is 15.0 Å². The molecule has 7 nitrogen and oxygen atoms in total. The van der Waals surface area contributed by atoms with Crippen LogP contribution in [0.5, 0.6) is 0 Å². The number of nitrogens with one attached hydrogen (secondary N) is 1. The zero-order valence-corrected chi connectivity index (χ0v) is 16.3. The van der Waals surface area contributed by atoms with E-state index in [0.717, 1.165) is 18.4 Å². The molecule has 1 saturated heterocycles. The number of rotatable bonds is 3. The molecule has 4 rings (SSSR count). The average Bonchev–Trinajstić information content (AvgIpc) is 3.25. The number of carbonyl (C=O) groups excluding carboxylic acids is 1. The van der Waals surface area contributed by atoms with Crippen LogP contribution in [-0.2, 0) is 0 Å². The fraction of sp³-hybridized carbons (Fsp3) is 0.238. The number of anilines is 1. The van der Waals surface area contributed by atoms with E-state index in [0.29, 0.717) is 41.1 Å². The van der Waals surface area contributed by atoms with Gasteiger partial charge in [-0.2, -0.15) is 10.2 Å². The molecule has 0 bridgehead atoms. The molecule has 1 atom stereocenters. The maximum Gasteiger partial charge on any atom is 0.321 e. The third-order valence-electron chi connectivity index (χ3n) is 4.87. The minimum absolute atomic E-state index is 0.0102. The zero-order chi connectivity index (χ0) is 20.2. The first-order valence-corrected chi connectivity index (χ1v) is 9.66. The molecule has 8 heteroatoms. The van der Waals surface area contributed by atoms with E-state index in [4.69, 9.17) is 21.4 Å². The van der Waals surface area contributed by atoms with Gasteiger partial charge >= 0.3 is 6.03 Å². The van der Waals surface area contributed by atoms with E-state index >= 15 is 0 Å². The van der Waals surface area contributed by atoms with E-state index in [1.165, 1.54) is 0 Å². The second-order valence-corrected chi connectivity index (χ2v) is 7.30. The van der Waals surface area contributed by atoms with E-state index in [9.17, 15) is 4.79 Å². The molecular formula is C21H18ClN5O2. The summed E-state index contributed by atoms with van der Waals surface area (Å²) in [4.78, 5) is 18.9.